The van der Waals surface area contributed by atoms with Crippen molar-refractivity contribution in [3.8, 4) is 6.07 Å². The van der Waals surface area contributed by atoms with Gasteiger partial charge in [0.15, 0.2) is 0 Å². The molecule has 1 atom stereocenters. The van der Waals surface area contributed by atoms with E-state index in [1.54, 1.807) is 0 Å². The van der Waals surface area contributed by atoms with Crippen LogP contribution in [0.4, 0.5) is 0 Å². The van der Waals surface area contributed by atoms with Gasteiger partial charge in [0, 0.05) is 4.47 Å². The van der Waals surface area contributed by atoms with Crippen molar-refractivity contribution in [2.24, 2.45) is 5.41 Å². The molecular weight excluding hydrogens is 354 g/mol. The minimum Gasteiger partial charge on any atom is -0.460 e. The number of nitriles is 1. The van der Waals surface area contributed by atoms with Crippen molar-refractivity contribution in [1.29, 1.82) is 5.26 Å². The molecule has 0 saturated heterocycles. The Morgan fingerprint density at radius 3 is 2.65 bits per heavy atom. The fourth-order valence-electron chi connectivity index (χ4n) is 2.77. The third-order valence-electron chi connectivity index (χ3n) is 4.24. The van der Waals surface area contributed by atoms with E-state index in [0.29, 0.717) is 0 Å². The van der Waals surface area contributed by atoms with Crippen LogP contribution in [0.2, 0.25) is 0 Å². The molecule has 0 spiro atoms. The highest BCUT2D eigenvalue weighted by Crippen LogP contribution is 2.51. The number of esters is 1. The van der Waals surface area contributed by atoms with Gasteiger partial charge in [-0.2, -0.15) is 5.26 Å². The van der Waals surface area contributed by atoms with Gasteiger partial charge in [0.2, 0.25) is 0 Å². The monoisotopic (exact) mass is 377 g/mol. The third kappa shape index (κ3) is 5.07. The van der Waals surface area contributed by atoms with E-state index in [0.717, 1.165) is 42.1 Å². The molecule has 23 heavy (non-hydrogen) atoms. The molecule has 1 aliphatic carbocycles. The lowest BCUT2D eigenvalue weighted by atomic mass is 9.91. The molecule has 1 aromatic rings. The van der Waals surface area contributed by atoms with Crippen LogP contribution in [0.25, 0.3) is 0 Å². The van der Waals surface area contributed by atoms with E-state index in [9.17, 15) is 10.1 Å². The zero-order chi connectivity index (χ0) is 17.1. The fourth-order valence-corrected chi connectivity index (χ4v) is 3.18. The van der Waals surface area contributed by atoms with Gasteiger partial charge in [0.25, 0.3) is 0 Å². The summed E-state index contributed by atoms with van der Waals surface area (Å²) in [5, 5.41) is 9.42. The second-order valence-corrected chi connectivity index (χ2v) is 8.33. The number of halogens is 1. The molecule has 124 valence electrons. The van der Waals surface area contributed by atoms with Crippen molar-refractivity contribution in [1.82, 2.24) is 0 Å². The highest BCUT2D eigenvalue weighted by Gasteiger charge is 2.51. The maximum Gasteiger partial charge on any atom is 0.312 e. The summed E-state index contributed by atoms with van der Waals surface area (Å²) in [6.07, 6.45) is 4.28. The molecule has 0 N–H and O–H groups in total. The van der Waals surface area contributed by atoms with E-state index in [-0.39, 0.29) is 17.3 Å². The van der Waals surface area contributed by atoms with Crippen LogP contribution in [0.1, 0.15) is 64.4 Å². The SMILES string of the molecule is CC(C)(C)OC(=O)C1(CCCC(C#N)c2cccc(Br)c2)CC1. The van der Waals surface area contributed by atoms with E-state index in [2.05, 4.69) is 22.0 Å². The Morgan fingerprint density at radius 1 is 1.43 bits per heavy atom. The quantitative estimate of drug-likeness (QED) is 0.627. The summed E-state index contributed by atoms with van der Waals surface area (Å²) in [6, 6.07) is 10.3. The van der Waals surface area contributed by atoms with Gasteiger partial charge in [-0.05, 0) is 64.2 Å². The van der Waals surface area contributed by atoms with Gasteiger partial charge in [-0.25, -0.2) is 0 Å². The molecule has 1 aromatic carbocycles. The standard InChI is InChI=1S/C19H24BrNO2/c1-18(2,3)23-17(22)19(10-11-19)9-5-7-15(13-21)14-6-4-8-16(20)12-14/h4,6,8,12,15H,5,7,9-11H2,1-3H3. The van der Waals surface area contributed by atoms with Gasteiger partial charge < -0.3 is 4.74 Å². The number of carbonyl (C=O) groups excluding carboxylic acids is 1. The molecular formula is C19H24BrNO2. The van der Waals surface area contributed by atoms with Gasteiger partial charge >= 0.3 is 5.97 Å². The smallest absolute Gasteiger partial charge is 0.312 e. The van der Waals surface area contributed by atoms with Crippen LogP contribution >= 0.6 is 15.9 Å². The van der Waals surface area contributed by atoms with Crippen molar-refractivity contribution in [3.63, 3.8) is 0 Å². The van der Waals surface area contributed by atoms with Gasteiger partial charge in [0.05, 0.1) is 17.4 Å². The Labute approximate surface area is 147 Å². The largest absolute Gasteiger partial charge is 0.460 e. The molecule has 1 unspecified atom stereocenters. The Balaban J connectivity index is 1.89. The average Bonchev–Trinajstić information content (AvgIpc) is 3.23. The third-order valence-corrected chi connectivity index (χ3v) is 4.73. The number of rotatable bonds is 6. The van der Waals surface area contributed by atoms with Crippen LogP contribution in [0, 0.1) is 16.7 Å². The van der Waals surface area contributed by atoms with Gasteiger partial charge in [-0.15, -0.1) is 0 Å². The van der Waals surface area contributed by atoms with E-state index in [1.165, 1.54) is 0 Å². The Morgan fingerprint density at radius 2 is 2.13 bits per heavy atom. The van der Waals surface area contributed by atoms with Crippen molar-refractivity contribution in [3.05, 3.63) is 34.3 Å². The summed E-state index contributed by atoms with van der Waals surface area (Å²) in [4.78, 5) is 12.3. The molecule has 1 saturated carbocycles. The predicted octanol–water partition coefficient (Wildman–Crippen LogP) is 5.35. The lowest BCUT2D eigenvalue weighted by molar-refractivity contribution is -0.162. The molecule has 1 fully saturated rings. The highest BCUT2D eigenvalue weighted by molar-refractivity contribution is 9.10. The normalized spacial score (nSPS) is 17.2. The maximum absolute atomic E-state index is 12.3. The zero-order valence-electron chi connectivity index (χ0n) is 14.1. The topological polar surface area (TPSA) is 50.1 Å². The van der Waals surface area contributed by atoms with E-state index >= 15 is 0 Å². The first-order chi connectivity index (χ1) is 10.8. The maximum atomic E-state index is 12.3. The van der Waals surface area contributed by atoms with Crippen molar-refractivity contribution in [2.75, 3.05) is 0 Å². The number of benzene rings is 1. The van der Waals surface area contributed by atoms with Crippen LogP contribution in [-0.2, 0) is 9.53 Å². The minimum absolute atomic E-state index is 0.0686. The summed E-state index contributed by atoms with van der Waals surface area (Å²) >= 11 is 3.45. The van der Waals surface area contributed by atoms with E-state index < -0.39 is 5.60 Å². The summed E-state index contributed by atoms with van der Waals surface area (Å²) in [5.74, 6) is -0.192. The van der Waals surface area contributed by atoms with Crippen molar-refractivity contribution < 1.29 is 9.53 Å². The summed E-state index contributed by atoms with van der Waals surface area (Å²) in [7, 11) is 0. The van der Waals surface area contributed by atoms with E-state index in [1.807, 2.05) is 45.0 Å². The van der Waals surface area contributed by atoms with Crippen LogP contribution in [-0.4, -0.2) is 11.6 Å². The predicted molar refractivity (Wildman–Crippen MR) is 93.9 cm³/mol. The van der Waals surface area contributed by atoms with Crippen LogP contribution in [0.3, 0.4) is 0 Å². The summed E-state index contributed by atoms with van der Waals surface area (Å²) in [6.45, 7) is 5.71. The molecule has 0 heterocycles. The lowest BCUT2D eigenvalue weighted by Gasteiger charge is -2.24. The number of hydrogen-bond acceptors (Lipinski definition) is 3. The second kappa shape index (κ2) is 7.05. The molecule has 0 radical (unpaired) electrons. The lowest BCUT2D eigenvalue weighted by Crippen LogP contribution is -2.29. The van der Waals surface area contributed by atoms with Crippen molar-refractivity contribution >= 4 is 21.9 Å². The van der Waals surface area contributed by atoms with Crippen LogP contribution in [0.5, 0.6) is 0 Å². The molecule has 4 heteroatoms. The molecule has 0 aliphatic heterocycles. The number of hydrogen-bond donors (Lipinski definition) is 0. The number of ether oxygens (including phenoxy) is 1. The fraction of sp³-hybridized carbons (Fsp3) is 0.579. The second-order valence-electron chi connectivity index (χ2n) is 7.41. The van der Waals surface area contributed by atoms with Crippen molar-refractivity contribution in [2.45, 2.75) is 64.4 Å². The first-order valence-corrected chi connectivity index (χ1v) is 8.94. The zero-order valence-corrected chi connectivity index (χ0v) is 15.6. The van der Waals surface area contributed by atoms with E-state index in [4.69, 9.17) is 4.74 Å². The molecule has 0 bridgehead atoms. The van der Waals surface area contributed by atoms with Crippen LogP contribution < -0.4 is 0 Å². The Bertz CT molecular complexity index is 609. The number of carbonyl (C=O) groups is 1. The first kappa shape index (κ1) is 18.0. The molecule has 0 aromatic heterocycles. The summed E-state index contributed by atoms with van der Waals surface area (Å²) < 4.78 is 6.53. The minimum atomic E-state index is -0.432. The molecule has 3 nitrogen and oxygen atoms in total. The molecule has 0 amide bonds. The highest BCUT2D eigenvalue weighted by atomic mass is 79.9. The Hall–Kier alpha value is -1.34. The van der Waals surface area contributed by atoms with Gasteiger partial charge in [-0.3, -0.25) is 4.79 Å². The van der Waals surface area contributed by atoms with Crippen LogP contribution in [0.15, 0.2) is 28.7 Å². The first-order valence-electron chi connectivity index (χ1n) is 8.14. The summed E-state index contributed by atoms with van der Waals surface area (Å²) in [5.41, 5.74) is 0.312. The molecule has 2 rings (SSSR count). The number of nitrogens with zero attached hydrogens (tertiary/aromatic N) is 1. The van der Waals surface area contributed by atoms with Gasteiger partial charge in [0.1, 0.15) is 5.60 Å². The van der Waals surface area contributed by atoms with Gasteiger partial charge in [-0.1, -0.05) is 34.5 Å². The molecule has 1 aliphatic rings. The Kier molecular flexibility index (Phi) is 5.52. The average molecular weight is 378 g/mol.